The summed E-state index contributed by atoms with van der Waals surface area (Å²) in [4.78, 5) is 24.4. The van der Waals surface area contributed by atoms with Gasteiger partial charge < -0.3 is 17.3 Å². The highest BCUT2D eigenvalue weighted by atomic mass is 19.5. The van der Waals surface area contributed by atoms with Crippen LogP contribution in [-0.2, 0) is 11.2 Å². The van der Waals surface area contributed by atoms with Crippen LogP contribution in [0.5, 0.6) is 0 Å². The maximum absolute atomic E-state index is 12.3. The van der Waals surface area contributed by atoms with Gasteiger partial charge in [-0.05, 0) is 16.6 Å². The van der Waals surface area contributed by atoms with Gasteiger partial charge in [-0.1, -0.05) is 28.9 Å². The molecule has 2 amide bonds. The lowest BCUT2D eigenvalue weighted by Crippen LogP contribution is -2.65. The molecule has 0 aliphatic carbocycles. The third-order valence-electron chi connectivity index (χ3n) is 2.95. The molecule has 0 radical (unpaired) electrons. The standard InChI is InChI=1S/C14H11N2O2.BF4/c17-13-10-11-6-2-3-7-12(11)14(18)16(13)15-8-4-1-5-9-15;2-1(3,4)5/h1-9H,10H2;/q+1;-1. The van der Waals surface area contributed by atoms with Crippen LogP contribution in [0.25, 0.3) is 0 Å². The predicted octanol–water partition coefficient (Wildman–Crippen LogP) is 2.14. The number of nitrogens with zero attached hydrogens (tertiary/aromatic N) is 2. The quantitative estimate of drug-likeness (QED) is 0.349. The Kier molecular flexibility index (Phi) is 4.78. The minimum Gasteiger partial charge on any atom is -0.418 e. The summed E-state index contributed by atoms with van der Waals surface area (Å²) in [5, 5.41) is 1.17. The van der Waals surface area contributed by atoms with E-state index in [1.807, 2.05) is 18.2 Å². The molecule has 4 nitrogen and oxygen atoms in total. The second kappa shape index (κ2) is 6.59. The van der Waals surface area contributed by atoms with Crippen molar-refractivity contribution in [3.63, 3.8) is 0 Å². The summed E-state index contributed by atoms with van der Waals surface area (Å²) >= 11 is 0. The van der Waals surface area contributed by atoms with E-state index in [1.54, 1.807) is 36.7 Å². The van der Waals surface area contributed by atoms with E-state index in [2.05, 4.69) is 0 Å². The first-order chi connectivity index (χ1) is 10.8. The van der Waals surface area contributed by atoms with E-state index in [4.69, 9.17) is 0 Å². The SMILES string of the molecule is F[B-](F)(F)F.O=C1Cc2ccccc2C(=O)N1[n+]1ccccc1. The fraction of sp³-hybridized carbons (Fsp3) is 0.0714. The summed E-state index contributed by atoms with van der Waals surface area (Å²) in [6.07, 6.45) is 3.62. The minimum atomic E-state index is -6.00. The van der Waals surface area contributed by atoms with Crippen molar-refractivity contribution in [1.82, 2.24) is 0 Å². The summed E-state index contributed by atoms with van der Waals surface area (Å²) in [5.74, 6) is -0.493. The van der Waals surface area contributed by atoms with E-state index in [1.165, 1.54) is 9.69 Å². The average molecular weight is 326 g/mol. The van der Waals surface area contributed by atoms with Crippen molar-refractivity contribution in [2.45, 2.75) is 6.42 Å². The second-order valence-corrected chi connectivity index (χ2v) is 4.59. The van der Waals surface area contributed by atoms with Crippen LogP contribution in [0.4, 0.5) is 17.3 Å². The molecule has 3 rings (SSSR count). The zero-order valence-electron chi connectivity index (χ0n) is 11.7. The van der Waals surface area contributed by atoms with Crippen LogP contribution in [0.15, 0.2) is 54.9 Å². The normalized spacial score (nSPS) is 14.0. The van der Waals surface area contributed by atoms with E-state index >= 15 is 0 Å². The molecule has 2 heterocycles. The van der Waals surface area contributed by atoms with E-state index in [-0.39, 0.29) is 18.2 Å². The largest absolute Gasteiger partial charge is 0.673 e. The highest BCUT2D eigenvalue weighted by molar-refractivity contribution is 6.50. The van der Waals surface area contributed by atoms with E-state index in [9.17, 15) is 26.9 Å². The molecule has 1 aromatic heterocycles. The Bertz CT molecular complexity index is 716. The monoisotopic (exact) mass is 326 g/mol. The second-order valence-electron chi connectivity index (χ2n) is 4.59. The van der Waals surface area contributed by atoms with Gasteiger partial charge in [-0.25, -0.2) is 0 Å². The Morgan fingerprint density at radius 2 is 1.48 bits per heavy atom. The zero-order valence-corrected chi connectivity index (χ0v) is 11.7. The van der Waals surface area contributed by atoms with Crippen LogP contribution in [0, 0.1) is 0 Å². The molecule has 0 unspecified atom stereocenters. The van der Waals surface area contributed by atoms with Gasteiger partial charge in [-0.15, -0.1) is 0 Å². The molecule has 0 saturated carbocycles. The van der Waals surface area contributed by atoms with Gasteiger partial charge in [0.25, 0.3) is 5.91 Å². The van der Waals surface area contributed by atoms with E-state index in [0.29, 0.717) is 5.56 Å². The molecule has 23 heavy (non-hydrogen) atoms. The number of imide groups is 1. The van der Waals surface area contributed by atoms with Crippen molar-refractivity contribution in [2.75, 3.05) is 5.01 Å². The van der Waals surface area contributed by atoms with Crippen molar-refractivity contribution in [3.8, 4) is 0 Å². The van der Waals surface area contributed by atoms with Crippen molar-refractivity contribution >= 4 is 19.1 Å². The molecular weight excluding hydrogens is 315 g/mol. The molecule has 0 fully saturated rings. The fourth-order valence-corrected chi connectivity index (χ4v) is 2.10. The third-order valence-corrected chi connectivity index (χ3v) is 2.95. The Labute approximate surface area is 129 Å². The van der Waals surface area contributed by atoms with Gasteiger partial charge in [0.15, 0.2) is 0 Å². The van der Waals surface area contributed by atoms with Gasteiger partial charge in [0.2, 0.25) is 12.4 Å². The van der Waals surface area contributed by atoms with Gasteiger partial charge in [-0.2, -0.15) is 0 Å². The highest BCUT2D eigenvalue weighted by Crippen LogP contribution is 2.16. The Balaban J connectivity index is 0.000000338. The maximum Gasteiger partial charge on any atom is 0.673 e. The average Bonchev–Trinajstić information content (AvgIpc) is 2.47. The van der Waals surface area contributed by atoms with Crippen molar-refractivity contribution in [1.29, 1.82) is 0 Å². The number of halogens is 4. The molecule has 0 saturated heterocycles. The molecular formula is C14H11BF4N2O2. The number of pyridine rings is 1. The number of rotatable bonds is 1. The number of hydrogen-bond acceptors (Lipinski definition) is 2. The van der Waals surface area contributed by atoms with Crippen molar-refractivity contribution < 1.29 is 31.5 Å². The summed E-state index contributed by atoms with van der Waals surface area (Å²) in [7, 11) is -6.00. The summed E-state index contributed by atoms with van der Waals surface area (Å²) < 4.78 is 40.5. The smallest absolute Gasteiger partial charge is 0.418 e. The lowest BCUT2D eigenvalue weighted by atomic mass is 10.00. The molecule has 0 bridgehead atoms. The first kappa shape index (κ1) is 16.7. The number of fused-ring (bicyclic) bond motifs is 1. The first-order valence-corrected chi connectivity index (χ1v) is 6.56. The topological polar surface area (TPSA) is 41.3 Å². The number of carbonyl (C=O) groups excluding carboxylic acids is 2. The predicted molar refractivity (Wildman–Crippen MR) is 74.5 cm³/mol. The fourth-order valence-electron chi connectivity index (χ4n) is 2.10. The molecule has 1 aliphatic heterocycles. The Morgan fingerprint density at radius 3 is 2.09 bits per heavy atom. The zero-order chi connectivity index (χ0) is 17.0. The van der Waals surface area contributed by atoms with Gasteiger partial charge in [0.1, 0.15) is 0 Å². The lowest BCUT2D eigenvalue weighted by Gasteiger charge is -2.20. The molecule has 0 atom stereocenters. The molecule has 1 aliphatic rings. The molecule has 120 valence electrons. The highest BCUT2D eigenvalue weighted by Gasteiger charge is 2.37. The lowest BCUT2D eigenvalue weighted by molar-refractivity contribution is -0.673. The molecule has 0 spiro atoms. The maximum atomic E-state index is 12.3. The number of hydrogen-bond donors (Lipinski definition) is 0. The molecule has 0 N–H and O–H groups in total. The van der Waals surface area contributed by atoms with Crippen molar-refractivity contribution in [3.05, 3.63) is 66.0 Å². The first-order valence-electron chi connectivity index (χ1n) is 6.56. The van der Waals surface area contributed by atoms with Crippen LogP contribution in [0.2, 0.25) is 0 Å². The van der Waals surface area contributed by atoms with Gasteiger partial charge >= 0.3 is 13.2 Å². The van der Waals surface area contributed by atoms with Crippen LogP contribution >= 0.6 is 0 Å². The number of aromatic nitrogens is 1. The number of amides is 2. The van der Waals surface area contributed by atoms with Gasteiger partial charge in [0, 0.05) is 17.7 Å². The van der Waals surface area contributed by atoms with Gasteiger partial charge in [-0.3, -0.25) is 9.59 Å². The summed E-state index contributed by atoms with van der Waals surface area (Å²) in [5.41, 5.74) is 1.38. The minimum absolute atomic E-state index is 0.213. The van der Waals surface area contributed by atoms with Crippen LogP contribution in [0.1, 0.15) is 15.9 Å². The molecule has 2 aromatic rings. The number of benzene rings is 1. The van der Waals surface area contributed by atoms with Crippen LogP contribution in [-0.4, -0.2) is 19.1 Å². The van der Waals surface area contributed by atoms with Gasteiger partial charge in [0.05, 0.1) is 6.42 Å². The number of carbonyl (C=O) groups is 2. The Morgan fingerprint density at radius 1 is 0.913 bits per heavy atom. The third kappa shape index (κ3) is 4.38. The van der Waals surface area contributed by atoms with Crippen LogP contribution < -0.4 is 9.69 Å². The molecule has 9 heteroatoms. The molecule has 1 aromatic carbocycles. The summed E-state index contributed by atoms with van der Waals surface area (Å²) in [6.45, 7) is 0. The van der Waals surface area contributed by atoms with E-state index < -0.39 is 7.25 Å². The van der Waals surface area contributed by atoms with Crippen molar-refractivity contribution in [2.24, 2.45) is 0 Å². The Hall–Kier alpha value is -2.71. The summed E-state index contributed by atoms with van der Waals surface area (Å²) in [6, 6.07) is 12.6. The van der Waals surface area contributed by atoms with Crippen LogP contribution in [0.3, 0.4) is 0 Å². The van der Waals surface area contributed by atoms with E-state index in [0.717, 1.165) is 5.56 Å².